The Labute approximate surface area is 152 Å². The molecular weight excluding hydrogens is 390 g/mol. The lowest BCUT2D eigenvalue weighted by molar-refractivity contribution is -0.384. The van der Waals surface area contributed by atoms with Gasteiger partial charge in [0.05, 0.1) is 4.92 Å². The molecule has 0 heterocycles. The lowest BCUT2D eigenvalue weighted by atomic mass is 10.1. The van der Waals surface area contributed by atoms with Gasteiger partial charge in [-0.1, -0.05) is 34.1 Å². The Bertz CT molecular complexity index is 865. The van der Waals surface area contributed by atoms with Crippen LogP contribution in [0.4, 0.5) is 5.69 Å². The van der Waals surface area contributed by atoms with Crippen LogP contribution >= 0.6 is 15.9 Å². The zero-order valence-electron chi connectivity index (χ0n) is 13.2. The third-order valence-corrected chi connectivity index (χ3v) is 3.88. The van der Waals surface area contributed by atoms with E-state index in [9.17, 15) is 19.7 Å². The Morgan fingerprint density at radius 1 is 1.16 bits per heavy atom. The number of nitro benzene ring substituents is 1. The van der Waals surface area contributed by atoms with Gasteiger partial charge in [0.2, 0.25) is 0 Å². The van der Waals surface area contributed by atoms with Crippen LogP contribution in [0.5, 0.6) is 0 Å². The average Bonchev–Trinajstić information content (AvgIpc) is 2.59. The van der Waals surface area contributed by atoms with Crippen LogP contribution in [0, 0.1) is 17.0 Å². The highest BCUT2D eigenvalue weighted by Gasteiger charge is 2.11. The highest BCUT2D eigenvalue weighted by atomic mass is 79.9. The Morgan fingerprint density at radius 2 is 1.92 bits per heavy atom. The summed E-state index contributed by atoms with van der Waals surface area (Å²) in [6, 6.07) is 10.9. The molecule has 2 rings (SSSR count). The molecule has 2 amide bonds. The Hall–Kier alpha value is -3.00. The highest BCUT2D eigenvalue weighted by Crippen LogP contribution is 2.19. The van der Waals surface area contributed by atoms with Crippen molar-refractivity contribution in [2.24, 2.45) is 0 Å². The van der Waals surface area contributed by atoms with E-state index in [0.717, 1.165) is 21.7 Å². The van der Waals surface area contributed by atoms with Gasteiger partial charge in [0, 0.05) is 28.2 Å². The number of benzene rings is 2. The molecule has 2 aromatic rings. The van der Waals surface area contributed by atoms with E-state index >= 15 is 0 Å². The first kappa shape index (κ1) is 18.3. The van der Waals surface area contributed by atoms with Gasteiger partial charge in [0.15, 0.2) is 0 Å². The van der Waals surface area contributed by atoms with Crippen molar-refractivity contribution in [3.63, 3.8) is 0 Å². The summed E-state index contributed by atoms with van der Waals surface area (Å²) in [6.07, 6.45) is 2.86. The Morgan fingerprint density at radius 3 is 2.60 bits per heavy atom. The first-order chi connectivity index (χ1) is 11.9. The number of amides is 2. The maximum atomic E-state index is 11.9. The Balaban J connectivity index is 1.95. The molecule has 0 spiro atoms. The zero-order valence-corrected chi connectivity index (χ0v) is 14.7. The minimum absolute atomic E-state index is 0.0692. The second kappa shape index (κ2) is 8.20. The van der Waals surface area contributed by atoms with Gasteiger partial charge in [-0.25, -0.2) is 0 Å². The van der Waals surface area contributed by atoms with E-state index < -0.39 is 16.7 Å². The van der Waals surface area contributed by atoms with Crippen LogP contribution in [0.25, 0.3) is 6.08 Å². The molecule has 0 unspecified atom stereocenters. The zero-order chi connectivity index (χ0) is 18.4. The lowest BCUT2D eigenvalue weighted by Gasteiger charge is -2.05. The Kier molecular flexibility index (Phi) is 6.02. The van der Waals surface area contributed by atoms with Crippen molar-refractivity contribution in [2.75, 3.05) is 0 Å². The van der Waals surface area contributed by atoms with Gasteiger partial charge in [-0.2, -0.15) is 0 Å². The number of hydrogen-bond acceptors (Lipinski definition) is 4. The summed E-state index contributed by atoms with van der Waals surface area (Å²) in [5.41, 5.74) is 6.18. The van der Waals surface area contributed by atoms with Gasteiger partial charge in [-0.15, -0.1) is 0 Å². The van der Waals surface area contributed by atoms with Crippen molar-refractivity contribution in [3.05, 3.63) is 79.8 Å². The van der Waals surface area contributed by atoms with Gasteiger partial charge in [-0.05, 0) is 36.3 Å². The molecule has 0 aliphatic heterocycles. The number of aryl methyl sites for hydroxylation is 1. The number of nitro groups is 1. The van der Waals surface area contributed by atoms with Crippen molar-refractivity contribution >= 4 is 39.5 Å². The summed E-state index contributed by atoms with van der Waals surface area (Å²) in [5.74, 6) is -1.19. The minimum atomic E-state index is -0.651. The predicted octanol–water partition coefficient (Wildman–Crippen LogP) is 3.14. The van der Waals surface area contributed by atoms with Crippen molar-refractivity contribution in [2.45, 2.75) is 6.92 Å². The van der Waals surface area contributed by atoms with E-state index in [1.54, 1.807) is 6.08 Å². The second-order valence-corrected chi connectivity index (χ2v) is 5.96. The molecule has 25 heavy (non-hydrogen) atoms. The van der Waals surface area contributed by atoms with E-state index in [2.05, 4.69) is 26.8 Å². The molecule has 0 atom stereocenters. The molecule has 0 aliphatic rings. The molecule has 0 saturated heterocycles. The summed E-state index contributed by atoms with van der Waals surface area (Å²) in [4.78, 5) is 33.8. The maximum absolute atomic E-state index is 11.9. The minimum Gasteiger partial charge on any atom is -0.268 e. The van der Waals surface area contributed by atoms with Crippen LogP contribution in [-0.2, 0) is 4.79 Å². The summed E-state index contributed by atoms with van der Waals surface area (Å²) in [6.45, 7) is 1.95. The van der Waals surface area contributed by atoms with Crippen LogP contribution in [0.15, 0.2) is 53.0 Å². The second-order valence-electron chi connectivity index (χ2n) is 5.11. The number of nitrogens with one attached hydrogen (secondary N) is 2. The van der Waals surface area contributed by atoms with E-state index in [-0.39, 0.29) is 11.3 Å². The smallest absolute Gasteiger partial charge is 0.268 e. The molecule has 0 aromatic heterocycles. The normalized spacial score (nSPS) is 10.5. The van der Waals surface area contributed by atoms with Crippen molar-refractivity contribution in [3.8, 4) is 0 Å². The van der Waals surface area contributed by atoms with Gasteiger partial charge in [0.25, 0.3) is 17.5 Å². The van der Waals surface area contributed by atoms with Crippen molar-refractivity contribution in [1.29, 1.82) is 0 Å². The van der Waals surface area contributed by atoms with E-state index in [0.29, 0.717) is 0 Å². The molecule has 128 valence electrons. The quantitative estimate of drug-likeness (QED) is 0.464. The van der Waals surface area contributed by atoms with Crippen LogP contribution in [0.1, 0.15) is 21.5 Å². The maximum Gasteiger partial charge on any atom is 0.270 e. The molecule has 7 nitrogen and oxygen atoms in total. The number of carbonyl (C=O) groups excluding carboxylic acids is 2. The lowest BCUT2D eigenvalue weighted by Crippen LogP contribution is -2.40. The molecular formula is C17H14BrN3O4. The van der Waals surface area contributed by atoms with Crippen molar-refractivity contribution in [1.82, 2.24) is 10.9 Å². The fourth-order valence-corrected chi connectivity index (χ4v) is 2.55. The predicted molar refractivity (Wildman–Crippen MR) is 96.6 cm³/mol. The topological polar surface area (TPSA) is 101 Å². The molecule has 0 aliphatic carbocycles. The SMILES string of the molecule is Cc1ccc(/C=C/C(=O)NNC(=O)c2cccc([N+](=O)[O-])c2)c(Br)c1. The fraction of sp³-hybridized carbons (Fsp3) is 0.0588. The first-order valence-corrected chi connectivity index (χ1v) is 7.95. The summed E-state index contributed by atoms with van der Waals surface area (Å²) in [7, 11) is 0. The number of hydrogen-bond donors (Lipinski definition) is 2. The third kappa shape index (κ3) is 5.25. The van der Waals surface area contributed by atoms with Gasteiger partial charge in [-0.3, -0.25) is 30.6 Å². The van der Waals surface area contributed by atoms with Crippen LogP contribution in [0.3, 0.4) is 0 Å². The van der Waals surface area contributed by atoms with Gasteiger partial charge in [0.1, 0.15) is 0 Å². The number of halogens is 1. The molecule has 2 aromatic carbocycles. The molecule has 8 heteroatoms. The van der Waals surface area contributed by atoms with Gasteiger partial charge < -0.3 is 0 Å². The van der Waals surface area contributed by atoms with Crippen LogP contribution in [0.2, 0.25) is 0 Å². The number of carbonyl (C=O) groups is 2. The largest absolute Gasteiger partial charge is 0.270 e. The number of non-ortho nitro benzene ring substituents is 1. The third-order valence-electron chi connectivity index (χ3n) is 3.19. The van der Waals surface area contributed by atoms with E-state index in [1.165, 1.54) is 24.3 Å². The summed E-state index contributed by atoms with van der Waals surface area (Å²) >= 11 is 3.40. The summed E-state index contributed by atoms with van der Waals surface area (Å²) in [5, 5.41) is 10.7. The van der Waals surface area contributed by atoms with Crippen LogP contribution in [-0.4, -0.2) is 16.7 Å². The van der Waals surface area contributed by atoms with Crippen LogP contribution < -0.4 is 10.9 Å². The van der Waals surface area contributed by atoms with E-state index in [1.807, 2.05) is 25.1 Å². The van der Waals surface area contributed by atoms with Crippen molar-refractivity contribution < 1.29 is 14.5 Å². The highest BCUT2D eigenvalue weighted by molar-refractivity contribution is 9.10. The standard InChI is InChI=1S/C17H14BrN3O4/c1-11-5-6-12(15(18)9-11)7-8-16(22)19-20-17(23)13-3-2-4-14(10-13)21(24)25/h2-10H,1H3,(H,19,22)(H,20,23)/b8-7+. The fourth-order valence-electron chi connectivity index (χ4n) is 1.93. The summed E-state index contributed by atoms with van der Waals surface area (Å²) < 4.78 is 0.845. The molecule has 0 saturated carbocycles. The number of hydrazine groups is 1. The molecule has 2 N–H and O–H groups in total. The number of nitrogens with zero attached hydrogens (tertiary/aromatic N) is 1. The van der Waals surface area contributed by atoms with E-state index in [4.69, 9.17) is 0 Å². The molecule has 0 fully saturated rings. The molecule has 0 radical (unpaired) electrons. The first-order valence-electron chi connectivity index (χ1n) is 7.16. The monoisotopic (exact) mass is 403 g/mol. The average molecular weight is 404 g/mol. The van der Waals surface area contributed by atoms with Gasteiger partial charge >= 0.3 is 0 Å². The number of rotatable bonds is 4. The molecule has 0 bridgehead atoms.